The third kappa shape index (κ3) is 5.14. The van der Waals surface area contributed by atoms with Crippen molar-refractivity contribution in [2.75, 3.05) is 50.0 Å². The zero-order valence-corrected chi connectivity index (χ0v) is 14.0. The summed E-state index contributed by atoms with van der Waals surface area (Å²) in [6.07, 6.45) is 3.62. The Hall–Kier alpha value is -2.25. The van der Waals surface area contributed by atoms with Gasteiger partial charge in [-0.05, 0) is 18.6 Å². The van der Waals surface area contributed by atoms with E-state index in [1.165, 1.54) is 0 Å². The molecule has 2 aromatic heterocycles. The van der Waals surface area contributed by atoms with Crippen LogP contribution in [0.4, 0.5) is 11.6 Å². The highest BCUT2D eigenvalue weighted by Crippen LogP contribution is 2.12. The van der Waals surface area contributed by atoms with Crippen molar-refractivity contribution in [3.63, 3.8) is 0 Å². The van der Waals surface area contributed by atoms with Crippen molar-refractivity contribution in [1.29, 1.82) is 0 Å². The molecule has 0 aromatic carbocycles. The minimum absolute atomic E-state index is 0.692. The van der Waals surface area contributed by atoms with Gasteiger partial charge in [0, 0.05) is 51.2 Å². The van der Waals surface area contributed by atoms with E-state index >= 15 is 0 Å². The van der Waals surface area contributed by atoms with Crippen LogP contribution in [0.15, 0.2) is 30.6 Å². The number of anilines is 2. The van der Waals surface area contributed by atoms with Gasteiger partial charge in [0.05, 0.1) is 13.2 Å². The molecule has 3 heterocycles. The normalized spacial score (nSPS) is 15.2. The van der Waals surface area contributed by atoms with E-state index in [0.29, 0.717) is 6.54 Å². The fourth-order valence-corrected chi connectivity index (χ4v) is 2.61. The van der Waals surface area contributed by atoms with Gasteiger partial charge in [0.15, 0.2) is 0 Å². The molecule has 1 aliphatic rings. The third-order valence-corrected chi connectivity index (χ3v) is 3.87. The Labute approximate surface area is 142 Å². The average molecular weight is 328 g/mol. The maximum absolute atomic E-state index is 5.36. The van der Waals surface area contributed by atoms with Gasteiger partial charge < -0.3 is 15.4 Å². The van der Waals surface area contributed by atoms with Crippen LogP contribution >= 0.6 is 0 Å². The van der Waals surface area contributed by atoms with Crippen LogP contribution in [0.2, 0.25) is 0 Å². The van der Waals surface area contributed by atoms with Gasteiger partial charge >= 0.3 is 0 Å². The summed E-state index contributed by atoms with van der Waals surface area (Å²) in [5.41, 5.74) is 1.12. The molecule has 1 saturated heterocycles. The number of nitrogens with zero attached hydrogens (tertiary/aromatic N) is 4. The molecule has 0 aliphatic carbocycles. The van der Waals surface area contributed by atoms with Gasteiger partial charge in [-0.25, -0.2) is 9.97 Å². The highest BCUT2D eigenvalue weighted by atomic mass is 16.5. The van der Waals surface area contributed by atoms with Gasteiger partial charge in [-0.3, -0.25) is 9.88 Å². The Morgan fingerprint density at radius 2 is 1.96 bits per heavy atom. The fraction of sp³-hybridized carbons (Fsp3) is 0.471. The summed E-state index contributed by atoms with van der Waals surface area (Å²) in [5.74, 6) is 2.42. The van der Waals surface area contributed by atoms with Gasteiger partial charge in [-0.15, -0.1) is 0 Å². The minimum atomic E-state index is 0.692. The summed E-state index contributed by atoms with van der Waals surface area (Å²) < 4.78 is 5.36. The number of hydrogen-bond acceptors (Lipinski definition) is 7. The molecule has 128 valence electrons. The Morgan fingerprint density at radius 1 is 1.17 bits per heavy atom. The number of nitrogens with one attached hydrogen (secondary N) is 2. The van der Waals surface area contributed by atoms with Crippen molar-refractivity contribution in [2.45, 2.75) is 13.5 Å². The number of aryl methyl sites for hydroxylation is 1. The molecule has 0 saturated carbocycles. The van der Waals surface area contributed by atoms with E-state index in [-0.39, 0.29) is 0 Å². The highest BCUT2D eigenvalue weighted by molar-refractivity contribution is 5.47. The van der Waals surface area contributed by atoms with E-state index in [1.54, 1.807) is 6.20 Å². The van der Waals surface area contributed by atoms with Crippen LogP contribution in [0.1, 0.15) is 11.4 Å². The van der Waals surface area contributed by atoms with Crippen LogP contribution < -0.4 is 10.6 Å². The van der Waals surface area contributed by atoms with Crippen molar-refractivity contribution in [3.05, 3.63) is 42.0 Å². The van der Waals surface area contributed by atoms with Crippen molar-refractivity contribution >= 4 is 11.6 Å². The number of aromatic nitrogens is 3. The molecule has 7 nitrogen and oxygen atoms in total. The monoisotopic (exact) mass is 328 g/mol. The summed E-state index contributed by atoms with van der Waals surface area (Å²) in [6.45, 7) is 8.11. The summed E-state index contributed by atoms with van der Waals surface area (Å²) in [5, 5.41) is 6.71. The van der Waals surface area contributed by atoms with Gasteiger partial charge in [-0.1, -0.05) is 6.07 Å². The van der Waals surface area contributed by atoms with E-state index in [0.717, 1.165) is 62.4 Å². The predicted molar refractivity (Wildman–Crippen MR) is 94.1 cm³/mol. The van der Waals surface area contributed by atoms with E-state index in [1.807, 2.05) is 31.3 Å². The maximum Gasteiger partial charge on any atom is 0.132 e. The standard InChI is InChI=1S/C17H24N6O/c1-14-21-16(19-5-6-23-7-9-24-10-8-23)11-17(22-14)20-13-15-3-2-4-18-12-15/h2-4,11-12H,5-10,13H2,1H3,(H2,19,20,21,22). The lowest BCUT2D eigenvalue weighted by molar-refractivity contribution is 0.0398. The predicted octanol–water partition coefficient (Wildman–Crippen LogP) is 1.54. The second-order valence-corrected chi connectivity index (χ2v) is 5.78. The molecule has 0 radical (unpaired) electrons. The molecule has 0 spiro atoms. The lowest BCUT2D eigenvalue weighted by atomic mass is 10.3. The van der Waals surface area contributed by atoms with Crippen LogP contribution in [0.25, 0.3) is 0 Å². The van der Waals surface area contributed by atoms with Crippen molar-refractivity contribution in [3.8, 4) is 0 Å². The zero-order valence-electron chi connectivity index (χ0n) is 14.0. The molecule has 0 atom stereocenters. The molecule has 24 heavy (non-hydrogen) atoms. The van der Waals surface area contributed by atoms with Gasteiger partial charge in [-0.2, -0.15) is 0 Å². The maximum atomic E-state index is 5.36. The summed E-state index contributed by atoms with van der Waals surface area (Å²) in [4.78, 5) is 15.4. The molecule has 2 N–H and O–H groups in total. The van der Waals surface area contributed by atoms with Crippen molar-refractivity contribution in [1.82, 2.24) is 19.9 Å². The van der Waals surface area contributed by atoms with E-state index < -0.39 is 0 Å². The first kappa shape index (κ1) is 16.6. The van der Waals surface area contributed by atoms with E-state index in [9.17, 15) is 0 Å². The number of pyridine rings is 1. The largest absolute Gasteiger partial charge is 0.379 e. The molecule has 0 unspecified atom stereocenters. The number of rotatable bonds is 7. The lowest BCUT2D eigenvalue weighted by Crippen LogP contribution is -2.39. The smallest absolute Gasteiger partial charge is 0.132 e. The van der Waals surface area contributed by atoms with Crippen LogP contribution in [-0.4, -0.2) is 59.2 Å². The minimum Gasteiger partial charge on any atom is -0.379 e. The average Bonchev–Trinajstić information content (AvgIpc) is 2.61. The lowest BCUT2D eigenvalue weighted by Gasteiger charge is -2.26. The Morgan fingerprint density at radius 3 is 2.71 bits per heavy atom. The second kappa shape index (κ2) is 8.56. The van der Waals surface area contributed by atoms with Crippen molar-refractivity contribution in [2.24, 2.45) is 0 Å². The fourth-order valence-electron chi connectivity index (χ4n) is 2.61. The van der Waals surface area contributed by atoms with Crippen LogP contribution in [0.3, 0.4) is 0 Å². The molecular formula is C17H24N6O. The first-order chi connectivity index (χ1) is 11.8. The summed E-state index contributed by atoms with van der Waals surface area (Å²) >= 11 is 0. The van der Waals surface area contributed by atoms with Gasteiger partial charge in [0.2, 0.25) is 0 Å². The number of morpholine rings is 1. The van der Waals surface area contributed by atoms with Crippen molar-refractivity contribution < 1.29 is 4.74 Å². The van der Waals surface area contributed by atoms with Gasteiger partial charge in [0.1, 0.15) is 17.5 Å². The molecule has 7 heteroatoms. The second-order valence-electron chi connectivity index (χ2n) is 5.78. The van der Waals surface area contributed by atoms with E-state index in [4.69, 9.17) is 4.74 Å². The van der Waals surface area contributed by atoms with E-state index in [2.05, 4.69) is 30.5 Å². The number of ether oxygens (including phenoxy) is 1. The first-order valence-electron chi connectivity index (χ1n) is 8.32. The molecular weight excluding hydrogens is 304 g/mol. The molecule has 2 aromatic rings. The molecule has 1 fully saturated rings. The Balaban J connectivity index is 1.51. The topological polar surface area (TPSA) is 75.2 Å². The molecule has 0 amide bonds. The molecule has 1 aliphatic heterocycles. The quantitative estimate of drug-likeness (QED) is 0.798. The summed E-state index contributed by atoms with van der Waals surface area (Å²) in [7, 11) is 0. The Bertz CT molecular complexity index is 630. The Kier molecular flexibility index (Phi) is 5.92. The van der Waals surface area contributed by atoms with Crippen LogP contribution in [0.5, 0.6) is 0 Å². The van der Waals surface area contributed by atoms with Crippen LogP contribution in [-0.2, 0) is 11.3 Å². The number of hydrogen-bond donors (Lipinski definition) is 2. The summed E-state index contributed by atoms with van der Waals surface area (Å²) in [6, 6.07) is 5.92. The highest BCUT2D eigenvalue weighted by Gasteiger charge is 2.09. The zero-order chi connectivity index (χ0) is 16.6. The molecule has 3 rings (SSSR count). The van der Waals surface area contributed by atoms with Crippen LogP contribution in [0, 0.1) is 6.92 Å². The van der Waals surface area contributed by atoms with Gasteiger partial charge in [0.25, 0.3) is 0 Å². The first-order valence-corrected chi connectivity index (χ1v) is 8.32. The third-order valence-electron chi connectivity index (χ3n) is 3.87. The SMILES string of the molecule is Cc1nc(NCCN2CCOCC2)cc(NCc2cccnc2)n1. The molecule has 0 bridgehead atoms.